The fraction of sp³-hybridized carbons (Fsp3) is 0. The summed E-state index contributed by atoms with van der Waals surface area (Å²) in [6, 6.07) is 11.2. The van der Waals surface area contributed by atoms with Gasteiger partial charge in [0.05, 0.1) is 16.4 Å². The molecule has 6 heteroatoms. The number of carbonyl (C=O) groups is 1. The predicted molar refractivity (Wildman–Crippen MR) is 90.0 cm³/mol. The minimum atomic E-state index is -1.02. The molecule has 0 bridgehead atoms. The number of nitrogens with zero attached hydrogens (tertiary/aromatic N) is 2. The standard InChI is InChI=1S/C16H10BrClN2O2/c17-11-3-1-10(2-4-11)16-13(6-8-15(21)22)20-9-12(18)5-7-14(20)19-16/h1-9H,(H,21,22)/b8-6+. The van der Waals surface area contributed by atoms with E-state index in [1.54, 1.807) is 22.7 Å². The summed E-state index contributed by atoms with van der Waals surface area (Å²) in [5.74, 6) is -1.02. The van der Waals surface area contributed by atoms with Crippen molar-refractivity contribution < 1.29 is 9.90 Å². The van der Waals surface area contributed by atoms with Crippen LogP contribution in [-0.2, 0) is 4.79 Å². The van der Waals surface area contributed by atoms with E-state index in [0.717, 1.165) is 16.1 Å². The molecule has 0 saturated heterocycles. The van der Waals surface area contributed by atoms with Gasteiger partial charge < -0.3 is 5.11 Å². The van der Waals surface area contributed by atoms with Crippen molar-refractivity contribution in [2.24, 2.45) is 0 Å². The van der Waals surface area contributed by atoms with Gasteiger partial charge in [-0.3, -0.25) is 4.40 Å². The van der Waals surface area contributed by atoms with E-state index in [9.17, 15) is 4.79 Å². The maximum Gasteiger partial charge on any atom is 0.328 e. The van der Waals surface area contributed by atoms with Gasteiger partial charge in [-0.15, -0.1) is 0 Å². The lowest BCUT2D eigenvalue weighted by Gasteiger charge is -2.01. The highest BCUT2D eigenvalue weighted by Crippen LogP contribution is 2.27. The third kappa shape index (κ3) is 2.91. The van der Waals surface area contributed by atoms with Crippen LogP contribution in [0.2, 0.25) is 5.02 Å². The molecular weight excluding hydrogens is 368 g/mol. The van der Waals surface area contributed by atoms with E-state index < -0.39 is 5.97 Å². The van der Waals surface area contributed by atoms with E-state index in [-0.39, 0.29) is 0 Å². The zero-order chi connectivity index (χ0) is 15.7. The number of hydrogen-bond donors (Lipinski definition) is 1. The van der Waals surface area contributed by atoms with Crippen LogP contribution in [0.25, 0.3) is 23.0 Å². The van der Waals surface area contributed by atoms with Crippen molar-refractivity contribution in [3.8, 4) is 11.3 Å². The molecule has 4 nitrogen and oxygen atoms in total. The average molecular weight is 378 g/mol. The van der Waals surface area contributed by atoms with E-state index in [2.05, 4.69) is 20.9 Å². The van der Waals surface area contributed by atoms with Crippen LogP contribution >= 0.6 is 27.5 Å². The van der Waals surface area contributed by atoms with Gasteiger partial charge in [0, 0.05) is 22.3 Å². The highest BCUT2D eigenvalue weighted by atomic mass is 79.9. The van der Waals surface area contributed by atoms with Crippen LogP contribution in [-0.4, -0.2) is 20.5 Å². The van der Waals surface area contributed by atoms with Gasteiger partial charge in [0.1, 0.15) is 5.65 Å². The van der Waals surface area contributed by atoms with Crippen molar-refractivity contribution in [3.05, 3.63) is 63.9 Å². The largest absolute Gasteiger partial charge is 0.478 e. The molecule has 0 amide bonds. The maximum absolute atomic E-state index is 10.8. The fourth-order valence-electron chi connectivity index (χ4n) is 2.17. The van der Waals surface area contributed by atoms with E-state index in [4.69, 9.17) is 16.7 Å². The molecule has 0 saturated carbocycles. The molecule has 0 spiro atoms. The van der Waals surface area contributed by atoms with Crippen molar-refractivity contribution in [1.29, 1.82) is 0 Å². The molecule has 2 heterocycles. The van der Waals surface area contributed by atoms with E-state index in [1.165, 1.54) is 6.08 Å². The summed E-state index contributed by atoms with van der Waals surface area (Å²) < 4.78 is 2.74. The summed E-state index contributed by atoms with van der Waals surface area (Å²) in [6.45, 7) is 0. The molecular formula is C16H10BrClN2O2. The molecule has 0 fully saturated rings. The quantitative estimate of drug-likeness (QED) is 0.683. The van der Waals surface area contributed by atoms with Crippen molar-refractivity contribution in [1.82, 2.24) is 9.38 Å². The normalized spacial score (nSPS) is 11.4. The number of rotatable bonds is 3. The van der Waals surface area contributed by atoms with Crippen molar-refractivity contribution in [3.63, 3.8) is 0 Å². The van der Waals surface area contributed by atoms with Crippen LogP contribution in [0.4, 0.5) is 0 Å². The first-order valence-corrected chi connectivity index (χ1v) is 7.56. The molecule has 1 aromatic carbocycles. The number of hydrogen-bond acceptors (Lipinski definition) is 2. The molecule has 0 radical (unpaired) electrons. The van der Waals surface area contributed by atoms with Gasteiger partial charge in [-0.05, 0) is 30.3 Å². The molecule has 0 atom stereocenters. The van der Waals surface area contributed by atoms with Gasteiger partial charge in [0.2, 0.25) is 0 Å². The highest BCUT2D eigenvalue weighted by molar-refractivity contribution is 9.10. The number of halogens is 2. The number of aliphatic carboxylic acids is 1. The molecule has 110 valence electrons. The molecule has 0 unspecified atom stereocenters. The Labute approximate surface area is 139 Å². The smallest absolute Gasteiger partial charge is 0.328 e. The lowest BCUT2D eigenvalue weighted by atomic mass is 10.1. The number of imidazole rings is 1. The summed E-state index contributed by atoms with van der Waals surface area (Å²) >= 11 is 9.43. The average Bonchev–Trinajstić information content (AvgIpc) is 2.83. The van der Waals surface area contributed by atoms with E-state index in [1.807, 2.05) is 24.3 Å². The minimum Gasteiger partial charge on any atom is -0.478 e. The van der Waals surface area contributed by atoms with Gasteiger partial charge in [-0.1, -0.05) is 39.7 Å². The zero-order valence-electron chi connectivity index (χ0n) is 11.2. The lowest BCUT2D eigenvalue weighted by molar-refractivity contribution is -0.131. The second-order valence-corrected chi connectivity index (χ2v) is 5.95. The van der Waals surface area contributed by atoms with Crippen LogP contribution < -0.4 is 0 Å². The highest BCUT2D eigenvalue weighted by Gasteiger charge is 2.12. The Balaban J connectivity index is 2.26. The Morgan fingerprint density at radius 2 is 1.95 bits per heavy atom. The molecule has 0 aliphatic heterocycles. The molecule has 1 N–H and O–H groups in total. The summed E-state index contributed by atoms with van der Waals surface area (Å²) in [7, 11) is 0. The van der Waals surface area contributed by atoms with Gasteiger partial charge in [-0.25, -0.2) is 9.78 Å². The summed E-state index contributed by atoms with van der Waals surface area (Å²) in [6.07, 6.45) is 4.33. The first-order valence-electron chi connectivity index (χ1n) is 6.39. The second-order valence-electron chi connectivity index (χ2n) is 4.60. The molecule has 0 aliphatic rings. The Morgan fingerprint density at radius 1 is 1.23 bits per heavy atom. The summed E-state index contributed by atoms with van der Waals surface area (Å²) in [4.78, 5) is 15.4. The number of carboxylic acid groups (broad SMARTS) is 1. The maximum atomic E-state index is 10.8. The van der Waals surface area contributed by atoms with E-state index >= 15 is 0 Å². The van der Waals surface area contributed by atoms with Crippen molar-refractivity contribution >= 4 is 45.2 Å². The van der Waals surface area contributed by atoms with Crippen LogP contribution in [0.5, 0.6) is 0 Å². The van der Waals surface area contributed by atoms with Crippen molar-refractivity contribution in [2.45, 2.75) is 0 Å². The first-order chi connectivity index (χ1) is 10.5. The Hall–Kier alpha value is -2.11. The van der Waals surface area contributed by atoms with Crippen LogP contribution in [0.1, 0.15) is 5.69 Å². The van der Waals surface area contributed by atoms with Crippen LogP contribution in [0, 0.1) is 0 Å². The van der Waals surface area contributed by atoms with Gasteiger partial charge in [0.25, 0.3) is 0 Å². The van der Waals surface area contributed by atoms with Crippen LogP contribution in [0.15, 0.2) is 53.1 Å². The van der Waals surface area contributed by atoms with Crippen LogP contribution in [0.3, 0.4) is 0 Å². The van der Waals surface area contributed by atoms with Gasteiger partial charge in [0.15, 0.2) is 0 Å². The van der Waals surface area contributed by atoms with E-state index in [0.29, 0.717) is 22.1 Å². The SMILES string of the molecule is O=C(O)/C=C/c1c(-c2ccc(Br)cc2)nc2ccc(Cl)cn12. The lowest BCUT2D eigenvalue weighted by Crippen LogP contribution is -1.91. The number of pyridine rings is 1. The monoisotopic (exact) mass is 376 g/mol. The Morgan fingerprint density at radius 3 is 2.64 bits per heavy atom. The molecule has 2 aromatic heterocycles. The number of carboxylic acids is 1. The molecule has 3 rings (SSSR count). The molecule has 3 aromatic rings. The van der Waals surface area contributed by atoms with Crippen molar-refractivity contribution in [2.75, 3.05) is 0 Å². The third-order valence-corrected chi connectivity index (χ3v) is 3.87. The predicted octanol–water partition coefficient (Wildman–Crippen LogP) is 4.52. The Kier molecular flexibility index (Phi) is 4.00. The molecule has 0 aliphatic carbocycles. The topological polar surface area (TPSA) is 54.6 Å². The van der Waals surface area contributed by atoms with Gasteiger partial charge >= 0.3 is 5.97 Å². The Bertz CT molecular complexity index is 885. The fourth-order valence-corrected chi connectivity index (χ4v) is 2.59. The second kappa shape index (κ2) is 5.94. The van der Waals surface area contributed by atoms with Gasteiger partial charge in [-0.2, -0.15) is 0 Å². The molecule has 22 heavy (non-hydrogen) atoms. The number of aromatic nitrogens is 2. The first kappa shape index (κ1) is 14.8. The number of fused-ring (bicyclic) bond motifs is 1. The third-order valence-electron chi connectivity index (χ3n) is 3.12. The minimum absolute atomic E-state index is 0.553. The zero-order valence-corrected chi connectivity index (χ0v) is 13.5. The summed E-state index contributed by atoms with van der Waals surface area (Å²) in [5.41, 5.74) is 2.97. The summed E-state index contributed by atoms with van der Waals surface area (Å²) in [5, 5.41) is 9.44. The number of benzene rings is 1.